The van der Waals surface area contributed by atoms with Crippen LogP contribution in [0, 0.1) is 59.8 Å². The third kappa shape index (κ3) is 9.34. The minimum atomic E-state index is -0.745. The van der Waals surface area contributed by atoms with Gasteiger partial charge >= 0.3 is 5.97 Å². The van der Waals surface area contributed by atoms with E-state index in [1.54, 1.807) is 23.2 Å². The van der Waals surface area contributed by atoms with E-state index in [1.165, 1.54) is 0 Å². The summed E-state index contributed by atoms with van der Waals surface area (Å²) in [6.45, 7) is 6.34. The molecule has 2 fully saturated rings. The largest absolute Gasteiger partial charge is 0.482 e. The number of amidine groups is 2. The molecule has 0 aromatic heterocycles. The van der Waals surface area contributed by atoms with Crippen LogP contribution in [0.4, 0.5) is 0 Å². The minimum Gasteiger partial charge on any atom is -0.482 e. The molecule has 0 radical (unpaired) electrons. The van der Waals surface area contributed by atoms with Gasteiger partial charge in [-0.1, -0.05) is 26.2 Å². The first kappa shape index (κ1) is 28.9. The van der Waals surface area contributed by atoms with Crippen molar-refractivity contribution in [2.75, 3.05) is 12.3 Å². The monoisotopic (exact) mass is 678 g/mol. The first-order valence-electron chi connectivity index (χ1n) is 10.9. The quantitative estimate of drug-likeness (QED) is 0.0888. The molecule has 1 aliphatic carbocycles. The fourth-order valence-corrected chi connectivity index (χ4v) is 5.31. The predicted molar refractivity (Wildman–Crippen MR) is 122 cm³/mol. The van der Waals surface area contributed by atoms with Crippen molar-refractivity contribution in [3.8, 4) is 0 Å². The molecule has 2 aliphatic rings. The van der Waals surface area contributed by atoms with Gasteiger partial charge in [-0.2, -0.15) is 0 Å². The molecule has 0 aromatic rings. The Labute approximate surface area is 214 Å². The third-order valence-electron chi connectivity index (χ3n) is 6.04. The summed E-state index contributed by atoms with van der Waals surface area (Å²) < 4.78 is 0. The molecule has 1 saturated carbocycles. The van der Waals surface area contributed by atoms with Gasteiger partial charge in [0, 0.05) is 49.8 Å². The zero-order chi connectivity index (χ0) is 22.3. The van der Waals surface area contributed by atoms with Gasteiger partial charge in [-0.3, -0.25) is 22.2 Å². The van der Waals surface area contributed by atoms with E-state index >= 15 is 0 Å². The Balaban J connectivity index is 0.00000480. The first-order chi connectivity index (χ1) is 14.2. The Kier molecular flexibility index (Phi) is 12.7. The number of carboxylic acids is 1. The smallest absolute Gasteiger partial charge is 0.303 e. The maximum absolute atomic E-state index is 11.0. The molecular weight excluding hydrogens is 640 g/mol. The van der Waals surface area contributed by atoms with E-state index in [-0.39, 0.29) is 54.2 Å². The molecule has 31 heavy (non-hydrogen) atoms. The summed E-state index contributed by atoms with van der Waals surface area (Å²) in [4.78, 5) is 12.8. The van der Waals surface area contributed by atoms with Gasteiger partial charge in [-0.05, 0) is 37.5 Å². The summed E-state index contributed by atoms with van der Waals surface area (Å²) in [6, 6.07) is -0.00902. The van der Waals surface area contributed by atoms with Crippen molar-refractivity contribution in [1.82, 2.24) is 10.2 Å². The van der Waals surface area contributed by atoms with Gasteiger partial charge in [0.2, 0.25) is 0 Å². The molecule has 0 aromatic carbocycles. The standard InChI is InChI=1S/C21H38N5O3S.U/c1-14(2)15(12-22)25-18(27)6-4-3-5-9-26-17(23)10-16(20(26)24)30-13-21(7-8-21)11-19(28)29;/h12,14-16,18,23-25,27H,3-11,13,22H2,1-2H3,(H,28,29);/q-1;/t15-,16?,18?;/m1./s1. The van der Waals surface area contributed by atoms with Gasteiger partial charge in [-0.15, -0.1) is 17.8 Å². The maximum atomic E-state index is 11.0. The number of rotatable bonds is 15. The summed E-state index contributed by atoms with van der Waals surface area (Å²) in [5.41, 5.74) is 5.52. The molecule has 1 saturated heterocycles. The molecule has 176 valence electrons. The van der Waals surface area contributed by atoms with Crippen LogP contribution in [0.1, 0.15) is 65.2 Å². The number of aliphatic carboxylic acids is 1. The Bertz CT molecular complexity index is 618. The van der Waals surface area contributed by atoms with Crippen LogP contribution in [0.3, 0.4) is 0 Å². The number of hydrogen-bond donors (Lipinski definition) is 6. The Hall–Kier alpha value is -0.108. The zero-order valence-corrected chi connectivity index (χ0v) is 23.7. The van der Waals surface area contributed by atoms with Crippen LogP contribution in [0.15, 0.2) is 0 Å². The molecule has 1 heterocycles. The van der Waals surface area contributed by atoms with E-state index in [1.807, 2.05) is 0 Å². The molecular formula is C21H38N5O3SU-. The number of nitrogens with one attached hydrogen (secondary N) is 3. The Morgan fingerprint density at radius 1 is 1.35 bits per heavy atom. The summed E-state index contributed by atoms with van der Waals surface area (Å²) >= 11 is 1.64. The molecule has 0 bridgehead atoms. The summed E-state index contributed by atoms with van der Waals surface area (Å²) in [6.07, 6.45) is 5.41. The molecule has 0 amide bonds. The van der Waals surface area contributed by atoms with E-state index in [2.05, 4.69) is 19.2 Å². The Morgan fingerprint density at radius 3 is 2.58 bits per heavy atom. The molecule has 8 nitrogen and oxygen atoms in total. The SMILES string of the molecule is CC(C)[C@@H]([CH-]N)NC(O)CCCCCN1C(=N)CC(SCC2(CC(=O)O)CC2)C1=N.[U]. The number of hydrogen-bond acceptors (Lipinski definition) is 7. The van der Waals surface area contributed by atoms with Crippen LogP contribution in [0.25, 0.3) is 0 Å². The van der Waals surface area contributed by atoms with Crippen LogP contribution in [-0.4, -0.2) is 62.6 Å². The fourth-order valence-electron chi connectivity index (χ4n) is 3.80. The van der Waals surface area contributed by atoms with Gasteiger partial charge < -0.3 is 26.2 Å². The van der Waals surface area contributed by atoms with Crippen molar-refractivity contribution in [2.45, 2.75) is 82.7 Å². The molecule has 10 heteroatoms. The van der Waals surface area contributed by atoms with Crippen LogP contribution in [0.5, 0.6) is 0 Å². The third-order valence-corrected chi connectivity index (χ3v) is 7.62. The van der Waals surface area contributed by atoms with Crippen molar-refractivity contribution in [2.24, 2.45) is 17.1 Å². The number of nitrogens with zero attached hydrogens (tertiary/aromatic N) is 1. The number of carboxylic acid groups (broad SMARTS) is 1. The predicted octanol–water partition coefficient (Wildman–Crippen LogP) is 2.62. The van der Waals surface area contributed by atoms with Crippen molar-refractivity contribution >= 4 is 29.4 Å². The van der Waals surface area contributed by atoms with E-state index in [9.17, 15) is 9.90 Å². The molecule has 2 unspecified atom stereocenters. The van der Waals surface area contributed by atoms with Crippen molar-refractivity contribution in [3.63, 3.8) is 0 Å². The topological polar surface area (TPSA) is 147 Å². The van der Waals surface area contributed by atoms with E-state index in [0.717, 1.165) is 37.9 Å². The molecule has 7 N–H and O–H groups in total. The first-order valence-corrected chi connectivity index (χ1v) is 12.0. The second kappa shape index (κ2) is 13.6. The number of nitrogens with two attached hydrogens (primary N) is 1. The van der Waals surface area contributed by atoms with Crippen LogP contribution in [0.2, 0.25) is 0 Å². The normalized spacial score (nSPS) is 21.8. The zero-order valence-electron chi connectivity index (χ0n) is 18.7. The molecule has 2 rings (SSSR count). The van der Waals surface area contributed by atoms with Crippen LogP contribution in [-0.2, 0) is 4.79 Å². The van der Waals surface area contributed by atoms with Crippen LogP contribution < -0.4 is 11.1 Å². The van der Waals surface area contributed by atoms with Gasteiger partial charge in [0.1, 0.15) is 17.9 Å². The second-order valence-electron chi connectivity index (χ2n) is 9.05. The van der Waals surface area contributed by atoms with Gasteiger partial charge in [0.15, 0.2) is 0 Å². The van der Waals surface area contributed by atoms with Crippen molar-refractivity contribution < 1.29 is 46.1 Å². The minimum absolute atomic E-state index is 0. The van der Waals surface area contributed by atoms with Crippen molar-refractivity contribution in [1.29, 1.82) is 10.8 Å². The Morgan fingerprint density at radius 2 is 2.03 bits per heavy atom. The second-order valence-corrected chi connectivity index (χ2v) is 10.2. The average Bonchev–Trinajstić information content (AvgIpc) is 3.37. The number of carbonyl (C=O) groups is 1. The van der Waals surface area contributed by atoms with Gasteiger partial charge in [-0.25, -0.2) is 0 Å². The van der Waals surface area contributed by atoms with Crippen molar-refractivity contribution in [3.05, 3.63) is 6.54 Å². The van der Waals surface area contributed by atoms with Gasteiger partial charge in [0.25, 0.3) is 0 Å². The summed E-state index contributed by atoms with van der Waals surface area (Å²) in [5.74, 6) is 1.30. The van der Waals surface area contributed by atoms with E-state index < -0.39 is 12.2 Å². The fraction of sp³-hybridized carbons (Fsp3) is 0.810. The maximum Gasteiger partial charge on any atom is 0.303 e. The number of aliphatic hydroxyl groups is 1. The number of thioether (sulfide) groups is 1. The number of unbranched alkanes of at least 4 members (excludes halogenated alkanes) is 2. The van der Waals surface area contributed by atoms with E-state index in [0.29, 0.717) is 37.0 Å². The summed E-state index contributed by atoms with van der Waals surface area (Å²) in [5, 5.41) is 38.9. The number of aliphatic hydroxyl groups excluding tert-OH is 1. The molecule has 0 spiro atoms. The van der Waals surface area contributed by atoms with E-state index in [4.69, 9.17) is 21.7 Å². The molecule has 3 atom stereocenters. The number of likely N-dealkylation sites (tertiary alicyclic amines) is 1. The average molecular weight is 679 g/mol. The van der Waals surface area contributed by atoms with Crippen LogP contribution >= 0.6 is 11.8 Å². The van der Waals surface area contributed by atoms with Gasteiger partial charge in [0.05, 0.1) is 11.7 Å². The summed E-state index contributed by atoms with van der Waals surface area (Å²) in [7, 11) is 0. The molecule has 1 aliphatic heterocycles.